The van der Waals surface area contributed by atoms with E-state index in [-0.39, 0.29) is 41.5 Å². The number of hydrogen-bond acceptors (Lipinski definition) is 8. The number of rotatable bonds is 15. The monoisotopic (exact) mass is 930 g/mol. The highest BCUT2D eigenvalue weighted by Crippen LogP contribution is 2.40. The average molecular weight is 931 g/mol. The number of fused-ring (bicyclic) bond motifs is 3. The Bertz CT molecular complexity index is 2860. The number of carbonyl (C=O) groups is 4. The Labute approximate surface area is 402 Å². The maximum Gasteiger partial charge on any atom is 0.407 e. The number of imidazole rings is 2. The molecule has 5 unspecified atom stereocenters. The Balaban J connectivity index is 0.879. The van der Waals surface area contributed by atoms with Crippen molar-refractivity contribution in [1.82, 2.24) is 40.4 Å². The molecule has 4 N–H and O–H groups in total. The lowest BCUT2D eigenvalue weighted by molar-refractivity contribution is -0.139. The Morgan fingerprint density at radius 1 is 0.812 bits per heavy atom. The molecule has 2 saturated heterocycles. The normalized spacial score (nSPS) is 20.5. The fourth-order valence-electron chi connectivity index (χ4n) is 10.5. The molecule has 2 aliphatic carbocycles. The molecule has 5 atom stereocenters. The van der Waals surface area contributed by atoms with Gasteiger partial charge >= 0.3 is 6.09 Å². The van der Waals surface area contributed by atoms with E-state index in [0.717, 1.165) is 87.0 Å². The summed E-state index contributed by atoms with van der Waals surface area (Å²) < 4.78 is 11.1. The number of methoxy groups -OCH3 is 1. The zero-order valence-electron chi connectivity index (χ0n) is 39.7. The smallest absolute Gasteiger partial charge is 0.407 e. The zero-order chi connectivity index (χ0) is 47.8. The number of nitrogens with one attached hydrogen (secondary N) is 4. The van der Waals surface area contributed by atoms with Crippen LogP contribution < -0.4 is 10.6 Å². The van der Waals surface area contributed by atoms with Crippen molar-refractivity contribution in [3.63, 3.8) is 0 Å². The van der Waals surface area contributed by atoms with Crippen LogP contribution in [0.5, 0.6) is 0 Å². The van der Waals surface area contributed by atoms with Crippen molar-refractivity contribution in [2.75, 3.05) is 33.4 Å². The first-order chi connectivity index (χ1) is 33.5. The van der Waals surface area contributed by atoms with Gasteiger partial charge in [0.15, 0.2) is 0 Å². The van der Waals surface area contributed by atoms with Gasteiger partial charge in [0.25, 0.3) is 0 Å². The summed E-state index contributed by atoms with van der Waals surface area (Å²) in [6.45, 7) is 10.4. The molecular formula is C55H62N8O6. The van der Waals surface area contributed by atoms with E-state index in [4.69, 9.17) is 19.4 Å². The summed E-state index contributed by atoms with van der Waals surface area (Å²) in [6.07, 6.45) is 8.92. The minimum absolute atomic E-state index is 0.0508. The molecule has 14 nitrogen and oxygen atoms in total. The van der Waals surface area contributed by atoms with Gasteiger partial charge in [-0.2, -0.15) is 0 Å². The van der Waals surface area contributed by atoms with Crippen molar-refractivity contribution in [2.45, 2.75) is 89.4 Å². The highest BCUT2D eigenvalue weighted by Gasteiger charge is 2.43. The summed E-state index contributed by atoms with van der Waals surface area (Å²) in [6, 6.07) is 26.2. The second-order valence-corrected chi connectivity index (χ2v) is 19.9. The third-order valence-corrected chi connectivity index (χ3v) is 15.0. The molecule has 4 heterocycles. The van der Waals surface area contributed by atoms with Crippen LogP contribution in [0.2, 0.25) is 0 Å². The Kier molecular flexibility index (Phi) is 13.1. The van der Waals surface area contributed by atoms with Crippen LogP contribution in [0, 0.1) is 23.7 Å². The van der Waals surface area contributed by atoms with Gasteiger partial charge in [0, 0.05) is 36.9 Å². The molecule has 2 aromatic heterocycles. The van der Waals surface area contributed by atoms with Crippen molar-refractivity contribution < 1.29 is 28.7 Å². The molecule has 6 aromatic rings. The number of hydrogen-bond donors (Lipinski definition) is 4. The SMILES string of the molecule is C=C1CCN(C(=O)C(NC(=O)OC)C(C)C)C1c1ncc(-c2ccc(-c3ccc4c(ccc5[nH]c(C6CC(COCC7CCC7)CN6C(=O)C(NC(=O)C6CCC6)c6ccccc6)nc54)c3)cc2)[nH]1. The van der Waals surface area contributed by atoms with E-state index >= 15 is 0 Å². The van der Waals surface area contributed by atoms with E-state index in [0.29, 0.717) is 44.3 Å². The number of alkyl carbamates (subject to hydrolysis) is 1. The van der Waals surface area contributed by atoms with Crippen molar-refractivity contribution >= 4 is 45.6 Å². The molecule has 2 saturated carbocycles. The van der Waals surface area contributed by atoms with Crippen molar-refractivity contribution in [3.8, 4) is 22.4 Å². The van der Waals surface area contributed by atoms with E-state index in [1.165, 1.54) is 26.4 Å². The Hall–Kier alpha value is -6.80. The van der Waals surface area contributed by atoms with E-state index in [1.807, 2.05) is 49.1 Å². The van der Waals surface area contributed by atoms with E-state index < -0.39 is 24.2 Å². The fraction of sp³-hybridized carbons (Fsp3) is 0.418. The van der Waals surface area contributed by atoms with Crippen molar-refractivity contribution in [1.29, 1.82) is 0 Å². The number of ether oxygens (including phenoxy) is 2. The van der Waals surface area contributed by atoms with Gasteiger partial charge in [-0.3, -0.25) is 14.4 Å². The van der Waals surface area contributed by atoms with Crippen LogP contribution in [-0.4, -0.2) is 93.0 Å². The standard InChI is InChI=1S/C55H62N8O6/c1-32(2)46(61-55(67)68-4)53(65)62-25-24-33(3)49(62)51-56-28-44(58-51)37-18-16-36(17-19-37)40-20-22-42-41(27-40)21-23-43-48(42)59-50(57-43)45-26-35(31-69-30-34-10-8-11-34)29-63(45)54(66)47(38-12-6-5-7-13-38)60-52(64)39-14-9-15-39/h5-7,12-13,16-23,27-28,32,34-35,39,45-47,49H,3,8-11,14-15,24-26,29-31H2,1-2,4H3,(H,56,58)(H,57,59)(H,60,64)(H,61,67). The number of H-pyrrole nitrogens is 2. The molecule has 358 valence electrons. The van der Waals surface area contributed by atoms with Gasteiger partial charge in [-0.15, -0.1) is 0 Å². The quantitative estimate of drug-likeness (QED) is 0.0737. The van der Waals surface area contributed by atoms with Crippen LogP contribution >= 0.6 is 0 Å². The van der Waals surface area contributed by atoms with E-state index in [9.17, 15) is 19.2 Å². The lowest BCUT2D eigenvalue weighted by atomic mass is 9.84. The maximum absolute atomic E-state index is 14.8. The molecule has 0 radical (unpaired) electrons. The van der Waals surface area contributed by atoms with Gasteiger partial charge in [-0.1, -0.05) is 106 Å². The van der Waals surface area contributed by atoms with Crippen LogP contribution in [0.3, 0.4) is 0 Å². The minimum atomic E-state index is -0.798. The maximum atomic E-state index is 14.8. The van der Waals surface area contributed by atoms with Gasteiger partial charge < -0.3 is 39.9 Å². The number of likely N-dealkylation sites (tertiary alicyclic amines) is 2. The van der Waals surface area contributed by atoms with Crippen LogP contribution in [0.15, 0.2) is 103 Å². The summed E-state index contributed by atoms with van der Waals surface area (Å²) in [5, 5.41) is 7.91. The second kappa shape index (κ2) is 19.7. The fourth-order valence-corrected chi connectivity index (χ4v) is 10.5. The molecule has 4 aromatic carbocycles. The highest BCUT2D eigenvalue weighted by atomic mass is 16.5. The first kappa shape index (κ1) is 46.0. The van der Waals surface area contributed by atoms with Crippen LogP contribution in [-0.2, 0) is 23.9 Å². The molecular weight excluding hydrogens is 869 g/mol. The molecule has 0 spiro atoms. The predicted octanol–water partition coefficient (Wildman–Crippen LogP) is 9.35. The summed E-state index contributed by atoms with van der Waals surface area (Å²) in [5.74, 6) is 1.52. The average Bonchev–Trinajstić information content (AvgIpc) is 4.16. The first-order valence-electron chi connectivity index (χ1n) is 24.7. The highest BCUT2D eigenvalue weighted by molar-refractivity contribution is 6.05. The van der Waals surface area contributed by atoms with Gasteiger partial charge in [0.05, 0.1) is 42.7 Å². The topological polar surface area (TPSA) is 175 Å². The molecule has 2 aliphatic heterocycles. The van der Waals surface area contributed by atoms with E-state index in [2.05, 4.69) is 81.8 Å². The molecule has 4 aliphatic rings. The summed E-state index contributed by atoms with van der Waals surface area (Å²) in [4.78, 5) is 74.8. The second-order valence-electron chi connectivity index (χ2n) is 19.9. The van der Waals surface area contributed by atoms with E-state index in [1.54, 1.807) is 11.1 Å². The predicted molar refractivity (Wildman–Crippen MR) is 264 cm³/mol. The molecule has 10 rings (SSSR count). The summed E-state index contributed by atoms with van der Waals surface area (Å²) >= 11 is 0. The Morgan fingerprint density at radius 2 is 1.55 bits per heavy atom. The lowest BCUT2D eigenvalue weighted by Gasteiger charge is -2.31. The molecule has 4 fully saturated rings. The summed E-state index contributed by atoms with van der Waals surface area (Å²) in [5.41, 5.74) is 7.26. The third-order valence-electron chi connectivity index (χ3n) is 15.0. The first-order valence-corrected chi connectivity index (χ1v) is 24.7. The number of nitrogens with zero attached hydrogens (tertiary/aromatic N) is 4. The number of carbonyl (C=O) groups excluding carboxylic acids is 4. The summed E-state index contributed by atoms with van der Waals surface area (Å²) in [7, 11) is 1.28. The van der Waals surface area contributed by atoms with Gasteiger partial charge in [0.1, 0.15) is 29.8 Å². The molecule has 4 amide bonds. The van der Waals surface area contributed by atoms with Crippen LogP contribution in [0.25, 0.3) is 44.2 Å². The van der Waals surface area contributed by atoms with Gasteiger partial charge in [-0.25, -0.2) is 14.8 Å². The zero-order valence-corrected chi connectivity index (χ0v) is 39.7. The molecule has 69 heavy (non-hydrogen) atoms. The number of amides is 4. The minimum Gasteiger partial charge on any atom is -0.453 e. The van der Waals surface area contributed by atoms with Crippen molar-refractivity contribution in [2.24, 2.45) is 23.7 Å². The van der Waals surface area contributed by atoms with Gasteiger partial charge in [-0.05, 0) is 95.7 Å². The van der Waals surface area contributed by atoms with Gasteiger partial charge in [0.2, 0.25) is 17.7 Å². The molecule has 14 heteroatoms. The third kappa shape index (κ3) is 9.38. The van der Waals surface area contributed by atoms with Crippen LogP contribution in [0.1, 0.15) is 101 Å². The van der Waals surface area contributed by atoms with Crippen LogP contribution in [0.4, 0.5) is 4.79 Å². The largest absolute Gasteiger partial charge is 0.453 e. The Morgan fingerprint density at radius 3 is 2.26 bits per heavy atom. The lowest BCUT2D eigenvalue weighted by Crippen LogP contribution is -2.51. The van der Waals surface area contributed by atoms with Crippen molar-refractivity contribution in [3.05, 3.63) is 120 Å². The number of aromatic amines is 2. The number of aromatic nitrogens is 4. The molecule has 0 bridgehead atoms. The number of benzene rings is 4.